The Bertz CT molecular complexity index is 902. The van der Waals surface area contributed by atoms with E-state index in [4.69, 9.17) is 5.11 Å². The molecule has 0 aliphatic rings. The van der Waals surface area contributed by atoms with Crippen LogP contribution in [0.15, 0.2) is 115 Å². The number of carbonyl (C=O) groups is 1. The molecule has 0 amide bonds. The molecule has 4 rings (SSSR count). The Morgan fingerprint density at radius 3 is 2.00 bits per heavy atom. The van der Waals surface area contributed by atoms with E-state index < -0.39 is 0 Å². The fourth-order valence-corrected chi connectivity index (χ4v) is 2.47. The summed E-state index contributed by atoms with van der Waals surface area (Å²) in [5.74, 6) is -0.0625. The number of carbonyl (C=O) groups excluding carboxylic acids is 1. The van der Waals surface area contributed by atoms with Crippen molar-refractivity contribution < 1.29 is 34.6 Å². The third-order valence-electron chi connectivity index (χ3n) is 3.75. The number of benzene rings is 2. The first-order valence-corrected chi connectivity index (χ1v) is 9.75. The number of nitrogens with zero attached hydrogens (tertiary/aromatic N) is 2. The molecule has 0 atom stereocenters. The van der Waals surface area contributed by atoms with Crippen LogP contribution in [0, 0.1) is 12.1 Å². The van der Waals surface area contributed by atoms with E-state index in [9.17, 15) is 4.79 Å². The molecular formula is C27H25IrN2O2-. The third-order valence-corrected chi connectivity index (χ3v) is 3.75. The number of para-hydroxylation sites is 1. The average molecular weight is 602 g/mol. The van der Waals surface area contributed by atoms with Gasteiger partial charge in [0, 0.05) is 44.5 Å². The van der Waals surface area contributed by atoms with E-state index in [1.54, 1.807) is 6.20 Å². The van der Waals surface area contributed by atoms with Crippen LogP contribution in [0.4, 0.5) is 0 Å². The first-order valence-electron chi connectivity index (χ1n) is 9.75. The standard InChI is InChI=1S/C11H9N.C11H8N.C5H8O2.Ir/c1-3-7-11(8-4-1)12-9-5-2-6-10-12;1-2-6-10(7-3-1)11-8-4-5-9-12-11;1-4(6)3-5(2)7;/h1-7,9-10H;1-6,8-9H;3,6H,1-2H3;/q;-1;;. The van der Waals surface area contributed by atoms with Gasteiger partial charge in [-0.2, -0.15) is 22.8 Å². The Morgan fingerprint density at radius 2 is 1.53 bits per heavy atom. The second-order valence-electron chi connectivity index (χ2n) is 6.42. The van der Waals surface area contributed by atoms with Gasteiger partial charge in [-0.3, -0.25) is 4.79 Å². The van der Waals surface area contributed by atoms with Crippen molar-refractivity contribution in [1.29, 1.82) is 0 Å². The van der Waals surface area contributed by atoms with E-state index in [2.05, 4.69) is 17.1 Å². The van der Waals surface area contributed by atoms with Gasteiger partial charge in [0.05, 0.1) is 5.76 Å². The smallest absolute Gasteiger partial charge is 0.172 e. The van der Waals surface area contributed by atoms with Crippen molar-refractivity contribution in [2.24, 2.45) is 0 Å². The van der Waals surface area contributed by atoms with Crippen LogP contribution in [-0.4, -0.2) is 15.9 Å². The minimum absolute atomic E-state index is 0. The number of allylic oxidation sites excluding steroid dienone is 2. The summed E-state index contributed by atoms with van der Waals surface area (Å²) < 4.78 is 2.03. The van der Waals surface area contributed by atoms with Crippen LogP contribution in [0.1, 0.15) is 13.8 Å². The van der Waals surface area contributed by atoms with E-state index in [1.165, 1.54) is 19.9 Å². The summed E-state index contributed by atoms with van der Waals surface area (Å²) in [7, 11) is 0. The van der Waals surface area contributed by atoms with Gasteiger partial charge in [0.25, 0.3) is 0 Å². The average Bonchev–Trinajstić information content (AvgIpc) is 2.81. The number of aliphatic hydroxyl groups is 1. The molecule has 0 saturated heterocycles. The molecule has 5 heteroatoms. The topological polar surface area (TPSA) is 54.1 Å². The first kappa shape index (κ1) is 26.6. The molecule has 4 aromatic rings. The third kappa shape index (κ3) is 10.6. The molecule has 4 nitrogen and oxygen atoms in total. The summed E-state index contributed by atoms with van der Waals surface area (Å²) in [4.78, 5) is 14.2. The van der Waals surface area contributed by atoms with Gasteiger partial charge < -0.3 is 10.1 Å². The van der Waals surface area contributed by atoms with E-state index in [-0.39, 0.29) is 31.6 Å². The Balaban J connectivity index is 0.000000246. The predicted octanol–water partition coefficient (Wildman–Crippen LogP) is 5.35. The summed E-state index contributed by atoms with van der Waals surface area (Å²) in [5.41, 5.74) is 3.08. The zero-order valence-corrected chi connectivity index (χ0v) is 20.4. The van der Waals surface area contributed by atoms with Gasteiger partial charge in [0.15, 0.2) is 18.2 Å². The van der Waals surface area contributed by atoms with Crippen LogP contribution in [0.25, 0.3) is 16.9 Å². The van der Waals surface area contributed by atoms with Gasteiger partial charge in [0.2, 0.25) is 0 Å². The molecule has 0 aliphatic carbocycles. The van der Waals surface area contributed by atoms with Gasteiger partial charge in [-0.25, -0.2) is 0 Å². The minimum atomic E-state index is -0.125. The minimum Gasteiger partial charge on any atom is -0.512 e. The summed E-state index contributed by atoms with van der Waals surface area (Å²) >= 11 is 0. The van der Waals surface area contributed by atoms with Crippen molar-refractivity contribution in [1.82, 2.24) is 4.98 Å². The summed E-state index contributed by atoms with van der Waals surface area (Å²) in [6.07, 6.45) is 6.97. The predicted molar refractivity (Wildman–Crippen MR) is 122 cm³/mol. The summed E-state index contributed by atoms with van der Waals surface area (Å²) in [5, 5.41) is 8.36. The number of ketones is 1. The number of pyridine rings is 2. The van der Waals surface area contributed by atoms with Crippen molar-refractivity contribution >= 4 is 5.78 Å². The molecule has 0 aliphatic heterocycles. The van der Waals surface area contributed by atoms with Crippen LogP contribution >= 0.6 is 0 Å². The second kappa shape index (κ2) is 15.4. The zero-order valence-electron chi connectivity index (χ0n) is 18.0. The number of aromatic nitrogens is 2. The molecule has 0 saturated carbocycles. The molecule has 0 bridgehead atoms. The summed E-state index contributed by atoms with van der Waals surface area (Å²) in [6, 6.07) is 33.9. The van der Waals surface area contributed by atoms with E-state index in [0.29, 0.717) is 0 Å². The monoisotopic (exact) mass is 602 g/mol. The van der Waals surface area contributed by atoms with Crippen molar-refractivity contribution in [2.75, 3.05) is 0 Å². The van der Waals surface area contributed by atoms with Crippen LogP contribution in [0.3, 0.4) is 0 Å². The van der Waals surface area contributed by atoms with Crippen molar-refractivity contribution in [3.8, 4) is 16.9 Å². The maximum Gasteiger partial charge on any atom is 0.172 e. The second-order valence-corrected chi connectivity index (χ2v) is 6.42. The van der Waals surface area contributed by atoms with Gasteiger partial charge in [-0.1, -0.05) is 24.3 Å². The van der Waals surface area contributed by atoms with Crippen LogP contribution in [0.2, 0.25) is 0 Å². The molecule has 0 unspecified atom stereocenters. The van der Waals surface area contributed by atoms with Gasteiger partial charge >= 0.3 is 0 Å². The number of rotatable bonds is 3. The van der Waals surface area contributed by atoms with Crippen molar-refractivity contribution in [3.63, 3.8) is 0 Å². The van der Waals surface area contributed by atoms with Crippen molar-refractivity contribution in [2.45, 2.75) is 13.8 Å². The Kier molecular flexibility index (Phi) is 12.8. The molecule has 2 aromatic carbocycles. The molecule has 2 aromatic heterocycles. The normalized spacial score (nSPS) is 9.75. The number of aliphatic hydroxyl groups excluding tert-OH is 1. The largest absolute Gasteiger partial charge is 0.512 e. The fourth-order valence-electron chi connectivity index (χ4n) is 2.47. The maximum absolute atomic E-state index is 10.0. The van der Waals surface area contributed by atoms with Gasteiger partial charge in [-0.15, -0.1) is 42.0 Å². The SMILES string of the molecule is CC(=O)C=C(C)O.[Ir].[c-]1ccccc1-[n+]1ccccc1.[c-]1ccccc1-c1ccccn1. The van der Waals surface area contributed by atoms with Crippen molar-refractivity contribution in [3.05, 3.63) is 127 Å². The van der Waals surface area contributed by atoms with Gasteiger partial charge in [0.1, 0.15) is 5.69 Å². The Hall–Kier alpha value is -3.40. The van der Waals surface area contributed by atoms with E-state index >= 15 is 0 Å². The quantitative estimate of drug-likeness (QED) is 0.149. The molecule has 0 spiro atoms. The zero-order chi connectivity index (χ0) is 22.3. The number of hydrogen-bond donors (Lipinski definition) is 1. The Morgan fingerprint density at radius 1 is 0.875 bits per heavy atom. The van der Waals surface area contributed by atoms with E-state index in [0.717, 1.165) is 16.9 Å². The maximum atomic E-state index is 10.0. The molecular weight excluding hydrogens is 577 g/mol. The number of hydrogen-bond acceptors (Lipinski definition) is 3. The fraction of sp³-hybridized carbons (Fsp3) is 0.0741. The molecule has 165 valence electrons. The molecule has 32 heavy (non-hydrogen) atoms. The van der Waals surface area contributed by atoms with Crippen LogP contribution < -0.4 is 4.57 Å². The molecule has 1 N–H and O–H groups in total. The molecule has 0 fully saturated rings. The molecule has 2 heterocycles. The van der Waals surface area contributed by atoms with Gasteiger partial charge in [-0.05, 0) is 25.6 Å². The Labute approximate surface area is 203 Å². The van der Waals surface area contributed by atoms with Crippen LogP contribution in [0.5, 0.6) is 0 Å². The summed E-state index contributed by atoms with van der Waals surface area (Å²) in [6.45, 7) is 2.85. The molecule has 1 radical (unpaired) electrons. The first-order chi connectivity index (χ1) is 15.1. The van der Waals surface area contributed by atoms with E-state index in [1.807, 2.05) is 102 Å². The van der Waals surface area contributed by atoms with Crippen LogP contribution in [-0.2, 0) is 24.9 Å².